The van der Waals surface area contributed by atoms with E-state index in [4.69, 9.17) is 32.9 Å². The predicted octanol–water partition coefficient (Wildman–Crippen LogP) is 5.77. The molecule has 0 aliphatic carbocycles. The molecule has 0 atom stereocenters. The standard InChI is InChI=1S/C23H18Cl2N2O2/c1-29-23(28)16-11-9-15(10-12-16)14-27-21-8-3-2-7-20(21)26-22(27)13-17-18(24)5-4-6-19(17)25/h2-12H,13-14H2,1H3. The average molecular weight is 425 g/mol. The number of methoxy groups -OCH3 is 1. The third-order valence-electron chi connectivity index (χ3n) is 4.85. The molecular weight excluding hydrogens is 407 g/mol. The number of ether oxygens (including phenoxy) is 1. The molecule has 0 radical (unpaired) electrons. The normalized spacial score (nSPS) is 11.0. The average Bonchev–Trinajstić information content (AvgIpc) is 3.08. The maximum Gasteiger partial charge on any atom is 0.337 e. The maximum atomic E-state index is 11.7. The second kappa shape index (κ2) is 8.27. The van der Waals surface area contributed by atoms with Gasteiger partial charge in [-0.15, -0.1) is 0 Å². The summed E-state index contributed by atoms with van der Waals surface area (Å²) >= 11 is 12.8. The van der Waals surface area contributed by atoms with Crippen molar-refractivity contribution in [3.63, 3.8) is 0 Å². The number of aromatic nitrogens is 2. The first-order chi connectivity index (χ1) is 14.1. The molecule has 0 aliphatic rings. The van der Waals surface area contributed by atoms with Gasteiger partial charge >= 0.3 is 5.97 Å². The highest BCUT2D eigenvalue weighted by Crippen LogP contribution is 2.28. The van der Waals surface area contributed by atoms with E-state index in [1.807, 2.05) is 54.6 Å². The molecule has 6 heteroatoms. The maximum absolute atomic E-state index is 11.7. The van der Waals surface area contributed by atoms with Gasteiger partial charge in [0.1, 0.15) is 5.82 Å². The zero-order chi connectivity index (χ0) is 20.4. The molecule has 0 aliphatic heterocycles. The number of esters is 1. The quantitative estimate of drug-likeness (QED) is 0.382. The highest BCUT2D eigenvalue weighted by molar-refractivity contribution is 6.36. The van der Waals surface area contributed by atoms with Crippen molar-refractivity contribution in [2.75, 3.05) is 7.11 Å². The molecule has 4 rings (SSSR count). The summed E-state index contributed by atoms with van der Waals surface area (Å²) in [6.07, 6.45) is 0.521. The van der Waals surface area contributed by atoms with Gasteiger partial charge in [0.15, 0.2) is 0 Å². The first-order valence-corrected chi connectivity index (χ1v) is 9.86. The smallest absolute Gasteiger partial charge is 0.337 e. The van der Waals surface area contributed by atoms with Gasteiger partial charge in [-0.3, -0.25) is 0 Å². The van der Waals surface area contributed by atoms with Gasteiger partial charge in [0.25, 0.3) is 0 Å². The summed E-state index contributed by atoms with van der Waals surface area (Å²) in [5.41, 5.74) is 4.37. The largest absolute Gasteiger partial charge is 0.465 e. The van der Waals surface area contributed by atoms with Crippen LogP contribution in [0.15, 0.2) is 66.7 Å². The van der Waals surface area contributed by atoms with Crippen molar-refractivity contribution in [2.45, 2.75) is 13.0 Å². The number of hydrogen-bond acceptors (Lipinski definition) is 3. The number of hydrogen-bond donors (Lipinski definition) is 0. The van der Waals surface area contributed by atoms with Gasteiger partial charge < -0.3 is 9.30 Å². The summed E-state index contributed by atoms with van der Waals surface area (Å²) in [6.45, 7) is 0.610. The van der Waals surface area contributed by atoms with Crippen LogP contribution >= 0.6 is 23.2 Å². The van der Waals surface area contributed by atoms with Crippen molar-refractivity contribution in [1.29, 1.82) is 0 Å². The summed E-state index contributed by atoms with van der Waals surface area (Å²) in [4.78, 5) is 16.5. The van der Waals surface area contributed by atoms with E-state index < -0.39 is 0 Å². The SMILES string of the molecule is COC(=O)c1ccc(Cn2c(Cc3c(Cl)cccc3Cl)nc3ccccc32)cc1. The molecular formula is C23H18Cl2N2O2. The van der Waals surface area contributed by atoms with Crippen LogP contribution in [0.2, 0.25) is 10.0 Å². The topological polar surface area (TPSA) is 44.1 Å². The van der Waals surface area contributed by atoms with Crippen LogP contribution in [-0.2, 0) is 17.7 Å². The Hall–Kier alpha value is -2.82. The minimum absolute atomic E-state index is 0.348. The third kappa shape index (κ3) is 4.00. The van der Waals surface area contributed by atoms with Crippen molar-refractivity contribution < 1.29 is 9.53 Å². The molecule has 0 bridgehead atoms. The predicted molar refractivity (Wildman–Crippen MR) is 116 cm³/mol. The lowest BCUT2D eigenvalue weighted by Crippen LogP contribution is -2.07. The van der Waals surface area contributed by atoms with Gasteiger partial charge in [0.05, 0.1) is 23.7 Å². The van der Waals surface area contributed by atoms with Gasteiger partial charge in [-0.2, -0.15) is 0 Å². The van der Waals surface area contributed by atoms with Gasteiger partial charge in [-0.05, 0) is 47.5 Å². The number of rotatable bonds is 5. The monoisotopic (exact) mass is 424 g/mol. The Morgan fingerprint density at radius 2 is 1.66 bits per heavy atom. The Kier molecular flexibility index (Phi) is 5.56. The molecule has 0 amide bonds. The van der Waals surface area contributed by atoms with E-state index in [1.54, 1.807) is 12.1 Å². The van der Waals surface area contributed by atoms with Crippen LogP contribution in [-0.4, -0.2) is 22.6 Å². The van der Waals surface area contributed by atoms with Crippen molar-refractivity contribution >= 4 is 40.2 Å². The minimum Gasteiger partial charge on any atom is -0.465 e. The Bertz CT molecular complexity index is 1160. The molecule has 0 fully saturated rings. The zero-order valence-corrected chi connectivity index (χ0v) is 17.2. The van der Waals surface area contributed by atoms with E-state index in [9.17, 15) is 4.79 Å². The summed E-state index contributed by atoms with van der Waals surface area (Å²) < 4.78 is 6.92. The fourth-order valence-corrected chi connectivity index (χ4v) is 3.87. The van der Waals surface area contributed by atoms with Crippen LogP contribution in [0.1, 0.15) is 27.3 Å². The van der Waals surface area contributed by atoms with Gasteiger partial charge in [0, 0.05) is 23.0 Å². The molecule has 4 nitrogen and oxygen atoms in total. The van der Waals surface area contributed by atoms with Crippen molar-refractivity contribution in [3.8, 4) is 0 Å². The van der Waals surface area contributed by atoms with E-state index >= 15 is 0 Å². The molecule has 0 saturated carbocycles. The van der Waals surface area contributed by atoms with E-state index in [-0.39, 0.29) is 5.97 Å². The van der Waals surface area contributed by atoms with Crippen LogP contribution in [0, 0.1) is 0 Å². The summed E-state index contributed by atoms with van der Waals surface area (Å²) in [5, 5.41) is 1.25. The molecule has 0 spiro atoms. The summed E-state index contributed by atoms with van der Waals surface area (Å²) in [7, 11) is 1.37. The lowest BCUT2D eigenvalue weighted by molar-refractivity contribution is 0.0600. The van der Waals surface area contributed by atoms with Crippen molar-refractivity contribution in [2.24, 2.45) is 0 Å². The van der Waals surface area contributed by atoms with E-state index in [1.165, 1.54) is 7.11 Å². The molecule has 29 heavy (non-hydrogen) atoms. The van der Waals surface area contributed by atoms with Crippen LogP contribution in [0.3, 0.4) is 0 Å². The van der Waals surface area contributed by atoms with Crippen LogP contribution in [0.4, 0.5) is 0 Å². The lowest BCUT2D eigenvalue weighted by Gasteiger charge is -2.12. The van der Waals surface area contributed by atoms with Crippen LogP contribution in [0.5, 0.6) is 0 Å². The van der Waals surface area contributed by atoms with Crippen LogP contribution in [0.25, 0.3) is 11.0 Å². The summed E-state index contributed by atoms with van der Waals surface area (Å²) in [6, 6.07) is 20.9. The molecule has 0 N–H and O–H groups in total. The van der Waals surface area contributed by atoms with Gasteiger partial charge in [-0.1, -0.05) is 53.5 Å². The number of benzene rings is 3. The fourth-order valence-electron chi connectivity index (χ4n) is 3.34. The molecule has 146 valence electrons. The van der Waals surface area contributed by atoms with E-state index in [0.717, 1.165) is 28.0 Å². The third-order valence-corrected chi connectivity index (χ3v) is 5.55. The molecule has 0 saturated heterocycles. The van der Waals surface area contributed by atoms with E-state index in [0.29, 0.717) is 28.6 Å². The highest BCUT2D eigenvalue weighted by Gasteiger charge is 2.15. The highest BCUT2D eigenvalue weighted by atomic mass is 35.5. The van der Waals surface area contributed by atoms with Crippen molar-refractivity contribution in [3.05, 3.63) is 99.3 Å². The molecule has 1 aromatic heterocycles. The fraction of sp³-hybridized carbons (Fsp3) is 0.130. The van der Waals surface area contributed by atoms with Crippen LogP contribution < -0.4 is 0 Å². The number of para-hydroxylation sites is 2. The second-order valence-electron chi connectivity index (χ2n) is 6.67. The second-order valence-corrected chi connectivity index (χ2v) is 7.48. The Balaban J connectivity index is 1.73. The first-order valence-electron chi connectivity index (χ1n) is 9.11. The molecule has 0 unspecified atom stereocenters. The molecule has 1 heterocycles. The minimum atomic E-state index is -0.348. The molecule has 4 aromatic rings. The number of carbonyl (C=O) groups excluding carboxylic acids is 1. The Morgan fingerprint density at radius 3 is 2.34 bits per heavy atom. The number of fused-ring (bicyclic) bond motifs is 1. The Labute approximate surface area is 178 Å². The van der Waals surface area contributed by atoms with E-state index in [2.05, 4.69) is 4.57 Å². The number of nitrogens with zero attached hydrogens (tertiary/aromatic N) is 2. The number of halogens is 2. The lowest BCUT2D eigenvalue weighted by atomic mass is 10.1. The zero-order valence-electron chi connectivity index (χ0n) is 15.7. The number of carbonyl (C=O) groups is 1. The van der Waals surface area contributed by atoms with Gasteiger partial charge in [0.2, 0.25) is 0 Å². The Morgan fingerprint density at radius 1 is 0.966 bits per heavy atom. The molecule has 3 aromatic carbocycles. The first kappa shape index (κ1) is 19.5. The van der Waals surface area contributed by atoms with Crippen molar-refractivity contribution in [1.82, 2.24) is 9.55 Å². The summed E-state index contributed by atoms with van der Waals surface area (Å²) in [5.74, 6) is 0.525. The van der Waals surface area contributed by atoms with Gasteiger partial charge in [-0.25, -0.2) is 9.78 Å². The number of imidazole rings is 1.